The normalized spacial score (nSPS) is 23.5. The summed E-state index contributed by atoms with van der Waals surface area (Å²) >= 11 is 0. The van der Waals surface area contributed by atoms with Crippen LogP contribution in [0, 0.1) is 0 Å². The van der Waals surface area contributed by atoms with Crippen LogP contribution in [-0.4, -0.2) is 43.7 Å². The van der Waals surface area contributed by atoms with E-state index in [1.807, 2.05) is 23.1 Å². The van der Waals surface area contributed by atoms with Gasteiger partial charge in [-0.25, -0.2) is 4.68 Å². The number of Topliss-reactive ketones (excluding diaryl/α,β-unsaturated/α-hetero) is 1. The Kier molecular flexibility index (Phi) is 4.46. The first-order valence-corrected chi connectivity index (χ1v) is 8.24. The molecule has 2 aromatic rings. The van der Waals surface area contributed by atoms with Crippen molar-refractivity contribution in [3.63, 3.8) is 0 Å². The van der Waals surface area contributed by atoms with Gasteiger partial charge < -0.3 is 4.90 Å². The summed E-state index contributed by atoms with van der Waals surface area (Å²) in [4.78, 5) is 26.0. The average molecular weight is 326 g/mol. The lowest BCUT2D eigenvalue weighted by Crippen LogP contribution is -2.41. The molecule has 1 aliphatic heterocycles. The highest BCUT2D eigenvalue weighted by molar-refractivity contribution is 5.91. The number of likely N-dealkylation sites (tertiary alicyclic amines) is 1. The van der Waals surface area contributed by atoms with Crippen LogP contribution in [0.25, 0.3) is 0 Å². The number of hydrogen-bond donors (Lipinski definition) is 0. The van der Waals surface area contributed by atoms with Gasteiger partial charge in [0.25, 0.3) is 0 Å². The van der Waals surface area contributed by atoms with E-state index in [-0.39, 0.29) is 36.0 Å². The lowest BCUT2D eigenvalue weighted by Gasteiger charge is -2.28. The average Bonchev–Trinajstić information content (AvgIpc) is 3.13. The van der Waals surface area contributed by atoms with Gasteiger partial charge in [0, 0.05) is 24.9 Å². The minimum absolute atomic E-state index is 0.00781. The topological polar surface area (TPSA) is 68.1 Å². The second-order valence-corrected chi connectivity index (χ2v) is 6.50. The molecule has 1 fully saturated rings. The van der Waals surface area contributed by atoms with Gasteiger partial charge in [0.05, 0.1) is 6.20 Å². The molecule has 3 rings (SSSR count). The van der Waals surface area contributed by atoms with Crippen LogP contribution in [0.2, 0.25) is 0 Å². The number of carbonyl (C=O) groups excluding carboxylic acids is 2. The van der Waals surface area contributed by atoms with Gasteiger partial charge in [-0.05, 0) is 25.8 Å². The zero-order chi connectivity index (χ0) is 17.3. The summed E-state index contributed by atoms with van der Waals surface area (Å²) in [6, 6.07) is 10.6. The van der Waals surface area contributed by atoms with Crippen LogP contribution in [0.15, 0.2) is 36.5 Å². The Morgan fingerprint density at radius 1 is 1.21 bits per heavy atom. The molecule has 1 aromatic heterocycles. The van der Waals surface area contributed by atoms with Crippen LogP contribution in [0.5, 0.6) is 0 Å². The fourth-order valence-corrected chi connectivity index (χ4v) is 3.62. The summed E-state index contributed by atoms with van der Waals surface area (Å²) in [5, 5.41) is 7.66. The molecule has 0 bridgehead atoms. The highest BCUT2D eigenvalue weighted by Gasteiger charge is 2.39. The van der Waals surface area contributed by atoms with Crippen LogP contribution >= 0.6 is 0 Å². The zero-order valence-corrected chi connectivity index (χ0v) is 14.2. The van der Waals surface area contributed by atoms with Crippen molar-refractivity contribution in [2.45, 2.75) is 51.7 Å². The molecule has 3 atom stereocenters. The SMILES string of the molecule is CC(=O)c1cn(CC(=O)N2C(C)CC(c3ccccc3)C2C)nn1. The Labute approximate surface area is 141 Å². The van der Waals surface area contributed by atoms with E-state index in [4.69, 9.17) is 0 Å². The van der Waals surface area contributed by atoms with Gasteiger partial charge in [-0.1, -0.05) is 35.5 Å². The largest absolute Gasteiger partial charge is 0.335 e. The molecular formula is C18H22N4O2. The third-order valence-electron chi connectivity index (χ3n) is 4.80. The zero-order valence-electron chi connectivity index (χ0n) is 14.2. The molecule has 0 saturated carbocycles. The van der Waals surface area contributed by atoms with Crippen molar-refractivity contribution in [2.24, 2.45) is 0 Å². The molecule has 1 amide bonds. The van der Waals surface area contributed by atoms with Crippen molar-refractivity contribution in [2.75, 3.05) is 0 Å². The molecule has 0 aliphatic carbocycles. The molecule has 3 unspecified atom stereocenters. The van der Waals surface area contributed by atoms with E-state index in [0.717, 1.165) is 6.42 Å². The quantitative estimate of drug-likeness (QED) is 0.808. The summed E-state index contributed by atoms with van der Waals surface area (Å²) in [6.07, 6.45) is 2.48. The maximum atomic E-state index is 12.7. The number of ketones is 1. The molecule has 126 valence electrons. The molecular weight excluding hydrogens is 304 g/mol. The predicted molar refractivity (Wildman–Crippen MR) is 89.6 cm³/mol. The number of benzene rings is 1. The van der Waals surface area contributed by atoms with Crippen molar-refractivity contribution in [1.29, 1.82) is 0 Å². The molecule has 24 heavy (non-hydrogen) atoms. The molecule has 0 spiro atoms. The Balaban J connectivity index is 1.73. The lowest BCUT2D eigenvalue weighted by atomic mass is 9.92. The van der Waals surface area contributed by atoms with Gasteiger partial charge in [0.2, 0.25) is 5.91 Å². The molecule has 0 radical (unpaired) electrons. The molecule has 1 aliphatic rings. The van der Waals surface area contributed by atoms with Crippen LogP contribution in [0.3, 0.4) is 0 Å². The Morgan fingerprint density at radius 2 is 1.92 bits per heavy atom. The van der Waals surface area contributed by atoms with Gasteiger partial charge in [-0.3, -0.25) is 9.59 Å². The minimum Gasteiger partial charge on any atom is -0.335 e. The standard InChI is InChI=1S/C18H22N4O2/c1-12-9-16(15-7-5-4-6-8-15)13(2)22(12)18(24)11-21-10-17(14(3)23)19-20-21/h4-8,10,12-13,16H,9,11H2,1-3H3. The summed E-state index contributed by atoms with van der Waals surface area (Å²) in [5.74, 6) is 0.197. The fraction of sp³-hybridized carbons (Fsp3) is 0.444. The molecule has 1 aromatic carbocycles. The van der Waals surface area contributed by atoms with Crippen molar-refractivity contribution < 1.29 is 9.59 Å². The predicted octanol–water partition coefficient (Wildman–Crippen LogP) is 2.27. The molecule has 2 heterocycles. The monoisotopic (exact) mass is 326 g/mol. The smallest absolute Gasteiger partial charge is 0.244 e. The minimum atomic E-state index is -0.152. The number of hydrogen-bond acceptors (Lipinski definition) is 4. The van der Waals surface area contributed by atoms with Gasteiger partial charge in [0.1, 0.15) is 12.2 Å². The summed E-state index contributed by atoms with van der Waals surface area (Å²) < 4.78 is 1.44. The van der Waals surface area contributed by atoms with Gasteiger partial charge in [0.15, 0.2) is 5.78 Å². The van der Waals surface area contributed by atoms with E-state index in [1.165, 1.54) is 23.4 Å². The third kappa shape index (κ3) is 3.09. The highest BCUT2D eigenvalue weighted by Crippen LogP contribution is 2.37. The first-order chi connectivity index (χ1) is 11.5. The van der Waals surface area contributed by atoms with Crippen molar-refractivity contribution in [1.82, 2.24) is 19.9 Å². The Morgan fingerprint density at radius 3 is 2.54 bits per heavy atom. The van der Waals surface area contributed by atoms with Crippen LogP contribution in [-0.2, 0) is 11.3 Å². The van der Waals surface area contributed by atoms with E-state index in [9.17, 15) is 9.59 Å². The van der Waals surface area contributed by atoms with Gasteiger partial charge >= 0.3 is 0 Å². The fourth-order valence-electron chi connectivity index (χ4n) is 3.62. The maximum Gasteiger partial charge on any atom is 0.244 e. The molecule has 0 N–H and O–H groups in total. The third-order valence-corrected chi connectivity index (χ3v) is 4.80. The van der Waals surface area contributed by atoms with E-state index >= 15 is 0 Å². The number of nitrogens with zero attached hydrogens (tertiary/aromatic N) is 4. The van der Waals surface area contributed by atoms with Gasteiger partial charge in [-0.2, -0.15) is 0 Å². The second-order valence-electron chi connectivity index (χ2n) is 6.50. The van der Waals surface area contributed by atoms with Gasteiger partial charge in [-0.15, -0.1) is 5.10 Å². The first kappa shape index (κ1) is 16.4. The highest BCUT2D eigenvalue weighted by atomic mass is 16.2. The number of aromatic nitrogens is 3. The second kappa shape index (κ2) is 6.55. The molecule has 6 nitrogen and oxygen atoms in total. The van der Waals surface area contributed by atoms with Crippen molar-refractivity contribution in [3.8, 4) is 0 Å². The first-order valence-electron chi connectivity index (χ1n) is 8.24. The summed E-state index contributed by atoms with van der Waals surface area (Å²) in [5.41, 5.74) is 1.55. The summed E-state index contributed by atoms with van der Waals surface area (Å²) in [7, 11) is 0. The maximum absolute atomic E-state index is 12.7. The molecule has 6 heteroatoms. The van der Waals surface area contributed by atoms with E-state index in [2.05, 4.69) is 36.3 Å². The molecule has 1 saturated heterocycles. The Hall–Kier alpha value is -2.50. The van der Waals surface area contributed by atoms with Crippen molar-refractivity contribution in [3.05, 3.63) is 47.8 Å². The number of amides is 1. The van der Waals surface area contributed by atoms with E-state index < -0.39 is 0 Å². The van der Waals surface area contributed by atoms with E-state index in [1.54, 1.807) is 0 Å². The summed E-state index contributed by atoms with van der Waals surface area (Å²) in [6.45, 7) is 5.72. The lowest BCUT2D eigenvalue weighted by molar-refractivity contribution is -0.134. The number of rotatable bonds is 4. The van der Waals surface area contributed by atoms with E-state index in [0.29, 0.717) is 5.92 Å². The van der Waals surface area contributed by atoms with Crippen LogP contribution in [0.4, 0.5) is 0 Å². The van der Waals surface area contributed by atoms with Crippen LogP contribution in [0.1, 0.15) is 49.2 Å². The number of carbonyl (C=O) groups is 2. The Bertz CT molecular complexity index is 740. The van der Waals surface area contributed by atoms with Crippen molar-refractivity contribution >= 4 is 11.7 Å². The van der Waals surface area contributed by atoms with Crippen LogP contribution < -0.4 is 0 Å².